The Labute approximate surface area is 149 Å². The average Bonchev–Trinajstić information content (AvgIpc) is 3.16. The molecule has 0 saturated carbocycles. The summed E-state index contributed by atoms with van der Waals surface area (Å²) in [5.41, 5.74) is 6.85. The van der Waals surface area contributed by atoms with Crippen LogP contribution in [-0.2, 0) is 6.42 Å². The molecule has 2 aromatic carbocycles. The van der Waals surface area contributed by atoms with Crippen molar-refractivity contribution in [3.8, 4) is 11.3 Å². The Balaban J connectivity index is 1.61. The van der Waals surface area contributed by atoms with Gasteiger partial charge < -0.3 is 4.42 Å². The maximum atomic E-state index is 13.0. The Hall–Kier alpha value is -3.41. The van der Waals surface area contributed by atoms with Gasteiger partial charge in [0.1, 0.15) is 11.6 Å². The maximum Gasteiger partial charge on any atom is 0.305 e. The molecule has 6 heteroatoms. The molecule has 2 N–H and O–H groups in total. The SMILES string of the molecule is CCc1ccc(C(=O)NNC(=O)c2ccc(-c3ccc(F)cc3)o2)cc1. The third kappa shape index (κ3) is 3.97. The molecule has 0 aliphatic carbocycles. The van der Waals surface area contributed by atoms with Crippen molar-refractivity contribution in [3.05, 3.63) is 83.4 Å². The molecule has 3 rings (SSSR count). The maximum absolute atomic E-state index is 13.0. The lowest BCUT2D eigenvalue weighted by Crippen LogP contribution is -2.41. The van der Waals surface area contributed by atoms with Gasteiger partial charge in [0.05, 0.1) is 0 Å². The van der Waals surface area contributed by atoms with E-state index in [4.69, 9.17) is 4.42 Å². The van der Waals surface area contributed by atoms with E-state index in [1.807, 2.05) is 19.1 Å². The zero-order valence-corrected chi connectivity index (χ0v) is 14.1. The van der Waals surface area contributed by atoms with Crippen LogP contribution in [0.4, 0.5) is 4.39 Å². The monoisotopic (exact) mass is 352 g/mol. The van der Waals surface area contributed by atoms with Crippen LogP contribution < -0.4 is 10.9 Å². The number of furan rings is 1. The Morgan fingerprint density at radius 1 is 0.885 bits per heavy atom. The summed E-state index contributed by atoms with van der Waals surface area (Å²) < 4.78 is 18.4. The van der Waals surface area contributed by atoms with Crippen molar-refractivity contribution < 1.29 is 18.4 Å². The van der Waals surface area contributed by atoms with Crippen molar-refractivity contribution in [3.63, 3.8) is 0 Å². The Bertz CT molecular complexity index is 915. The first-order chi connectivity index (χ1) is 12.6. The number of aryl methyl sites for hydroxylation is 1. The van der Waals surface area contributed by atoms with E-state index in [-0.39, 0.29) is 11.6 Å². The molecular weight excluding hydrogens is 335 g/mol. The van der Waals surface area contributed by atoms with Crippen LogP contribution in [0, 0.1) is 5.82 Å². The van der Waals surface area contributed by atoms with Crippen LogP contribution in [0.1, 0.15) is 33.4 Å². The molecule has 0 atom stereocenters. The van der Waals surface area contributed by atoms with Gasteiger partial charge in [0.15, 0.2) is 5.76 Å². The van der Waals surface area contributed by atoms with Gasteiger partial charge >= 0.3 is 5.91 Å². The van der Waals surface area contributed by atoms with E-state index >= 15 is 0 Å². The van der Waals surface area contributed by atoms with Crippen molar-refractivity contribution in [1.29, 1.82) is 0 Å². The van der Waals surface area contributed by atoms with E-state index in [1.54, 1.807) is 30.3 Å². The van der Waals surface area contributed by atoms with Gasteiger partial charge in [-0.2, -0.15) is 0 Å². The van der Waals surface area contributed by atoms with Crippen LogP contribution in [0.15, 0.2) is 65.1 Å². The second-order valence-corrected chi connectivity index (χ2v) is 5.63. The van der Waals surface area contributed by atoms with E-state index in [1.165, 1.54) is 18.2 Å². The molecule has 0 radical (unpaired) electrons. The third-order valence-corrected chi connectivity index (χ3v) is 3.87. The summed E-state index contributed by atoms with van der Waals surface area (Å²) in [6.07, 6.45) is 0.882. The van der Waals surface area contributed by atoms with E-state index in [0.717, 1.165) is 12.0 Å². The fourth-order valence-electron chi connectivity index (χ4n) is 2.37. The number of rotatable bonds is 4. The predicted octanol–water partition coefficient (Wildman–Crippen LogP) is 3.72. The summed E-state index contributed by atoms with van der Waals surface area (Å²) in [6.45, 7) is 2.03. The molecule has 5 nitrogen and oxygen atoms in total. The number of hydrazine groups is 1. The quantitative estimate of drug-likeness (QED) is 0.703. The zero-order valence-electron chi connectivity index (χ0n) is 14.1. The molecule has 0 fully saturated rings. The number of nitrogens with one attached hydrogen (secondary N) is 2. The summed E-state index contributed by atoms with van der Waals surface area (Å²) in [5.74, 6) is -0.904. The fourth-order valence-corrected chi connectivity index (χ4v) is 2.37. The molecule has 0 bridgehead atoms. The van der Waals surface area contributed by atoms with Gasteiger partial charge in [-0.25, -0.2) is 4.39 Å². The van der Waals surface area contributed by atoms with Crippen LogP contribution in [0.3, 0.4) is 0 Å². The van der Waals surface area contributed by atoms with E-state index in [2.05, 4.69) is 10.9 Å². The molecule has 0 aliphatic rings. The predicted molar refractivity (Wildman–Crippen MR) is 94.9 cm³/mol. The molecule has 1 aromatic heterocycles. The number of carbonyl (C=O) groups is 2. The molecule has 0 saturated heterocycles. The number of halogens is 1. The highest BCUT2D eigenvalue weighted by Crippen LogP contribution is 2.22. The highest BCUT2D eigenvalue weighted by Gasteiger charge is 2.14. The van der Waals surface area contributed by atoms with Gasteiger partial charge in [0.2, 0.25) is 0 Å². The fraction of sp³-hybridized carbons (Fsp3) is 0.100. The van der Waals surface area contributed by atoms with Crippen LogP contribution in [0.5, 0.6) is 0 Å². The van der Waals surface area contributed by atoms with Gasteiger partial charge in [0.25, 0.3) is 5.91 Å². The first kappa shape index (κ1) is 17.4. The first-order valence-electron chi connectivity index (χ1n) is 8.12. The van der Waals surface area contributed by atoms with Gasteiger partial charge in [-0.3, -0.25) is 20.4 Å². The van der Waals surface area contributed by atoms with Gasteiger partial charge in [-0.1, -0.05) is 19.1 Å². The largest absolute Gasteiger partial charge is 0.451 e. The van der Waals surface area contributed by atoms with E-state index < -0.39 is 11.8 Å². The van der Waals surface area contributed by atoms with Gasteiger partial charge in [0, 0.05) is 11.1 Å². The lowest BCUT2D eigenvalue weighted by molar-refractivity contribution is 0.0831. The second-order valence-electron chi connectivity index (χ2n) is 5.63. The van der Waals surface area contributed by atoms with E-state index in [9.17, 15) is 14.0 Å². The minimum absolute atomic E-state index is 0.0333. The van der Waals surface area contributed by atoms with Crippen LogP contribution in [-0.4, -0.2) is 11.8 Å². The highest BCUT2D eigenvalue weighted by atomic mass is 19.1. The summed E-state index contributed by atoms with van der Waals surface area (Å²) >= 11 is 0. The minimum atomic E-state index is -0.586. The second kappa shape index (κ2) is 7.65. The molecule has 0 unspecified atom stereocenters. The van der Waals surface area contributed by atoms with Crippen molar-refractivity contribution in [2.75, 3.05) is 0 Å². The van der Waals surface area contributed by atoms with Crippen molar-refractivity contribution in [2.24, 2.45) is 0 Å². The van der Waals surface area contributed by atoms with Crippen LogP contribution >= 0.6 is 0 Å². The Morgan fingerprint density at radius 3 is 2.19 bits per heavy atom. The number of hydrogen-bond acceptors (Lipinski definition) is 3. The molecule has 1 heterocycles. The van der Waals surface area contributed by atoms with Crippen LogP contribution in [0.2, 0.25) is 0 Å². The number of benzene rings is 2. The summed E-state index contributed by atoms with van der Waals surface area (Å²) in [4.78, 5) is 24.1. The average molecular weight is 352 g/mol. The van der Waals surface area contributed by atoms with Crippen molar-refractivity contribution in [2.45, 2.75) is 13.3 Å². The highest BCUT2D eigenvalue weighted by molar-refractivity contribution is 5.98. The number of carbonyl (C=O) groups excluding carboxylic acids is 2. The summed E-state index contributed by atoms with van der Waals surface area (Å²) in [6, 6.07) is 15.9. The third-order valence-electron chi connectivity index (χ3n) is 3.87. The smallest absolute Gasteiger partial charge is 0.305 e. The topological polar surface area (TPSA) is 71.3 Å². The van der Waals surface area contributed by atoms with Crippen LogP contribution in [0.25, 0.3) is 11.3 Å². The molecule has 2 amide bonds. The normalized spacial score (nSPS) is 10.4. The van der Waals surface area contributed by atoms with E-state index in [0.29, 0.717) is 16.9 Å². The lowest BCUT2D eigenvalue weighted by Gasteiger charge is -2.06. The number of amides is 2. The molecule has 0 spiro atoms. The molecule has 26 heavy (non-hydrogen) atoms. The number of hydrogen-bond donors (Lipinski definition) is 2. The molecule has 3 aromatic rings. The molecular formula is C20H17FN2O3. The standard InChI is InChI=1S/C20H17FN2O3/c1-2-13-3-5-15(6-4-13)19(24)22-23-20(25)18-12-11-17(26-18)14-7-9-16(21)10-8-14/h3-12H,2H2,1H3,(H,22,24)(H,23,25). The van der Waals surface area contributed by atoms with Crippen molar-refractivity contribution >= 4 is 11.8 Å². The van der Waals surface area contributed by atoms with Crippen molar-refractivity contribution in [1.82, 2.24) is 10.9 Å². The Kier molecular flexibility index (Phi) is 5.12. The van der Waals surface area contributed by atoms with Gasteiger partial charge in [-0.15, -0.1) is 0 Å². The zero-order chi connectivity index (χ0) is 18.5. The minimum Gasteiger partial charge on any atom is -0.451 e. The summed E-state index contributed by atoms with van der Waals surface area (Å²) in [5, 5.41) is 0. The lowest BCUT2D eigenvalue weighted by atomic mass is 10.1. The van der Waals surface area contributed by atoms with Gasteiger partial charge in [-0.05, 0) is 60.5 Å². The Morgan fingerprint density at radius 2 is 1.54 bits per heavy atom. The first-order valence-corrected chi connectivity index (χ1v) is 8.12. The molecule has 132 valence electrons. The summed E-state index contributed by atoms with van der Waals surface area (Å²) in [7, 11) is 0. The molecule has 0 aliphatic heterocycles.